The van der Waals surface area contributed by atoms with Crippen LogP contribution in [0.5, 0.6) is 5.75 Å². The molecule has 1 aromatic carbocycles. The molecule has 8 heteroatoms. The molecule has 156 valence electrons. The van der Waals surface area contributed by atoms with Gasteiger partial charge in [0.25, 0.3) is 0 Å². The van der Waals surface area contributed by atoms with Gasteiger partial charge in [0.05, 0.1) is 0 Å². The third-order valence-electron chi connectivity index (χ3n) is 7.31. The number of rotatable bonds is 3. The number of carbonyl (C=O) groups is 2. The normalized spacial score (nSPS) is 35.7. The third-order valence-corrected chi connectivity index (χ3v) is 7.31. The SMILES string of the molecule is O=C1CC[C@]2(C[C@H](C(=O)N3CC[C@@]4(c5cccc(OC(F)(F)F)c5)C[C@H]4C3)C2)N1. The van der Waals surface area contributed by atoms with Crippen molar-refractivity contribution in [3.05, 3.63) is 29.8 Å². The van der Waals surface area contributed by atoms with Crippen molar-refractivity contribution in [3.8, 4) is 5.75 Å². The van der Waals surface area contributed by atoms with Gasteiger partial charge < -0.3 is 15.0 Å². The molecule has 4 fully saturated rings. The van der Waals surface area contributed by atoms with E-state index in [1.54, 1.807) is 6.07 Å². The van der Waals surface area contributed by atoms with Crippen LogP contribution in [0.1, 0.15) is 44.1 Å². The first-order valence-corrected chi connectivity index (χ1v) is 10.1. The van der Waals surface area contributed by atoms with Crippen molar-refractivity contribution < 1.29 is 27.5 Å². The zero-order valence-electron chi connectivity index (χ0n) is 15.9. The van der Waals surface area contributed by atoms with Gasteiger partial charge in [0.2, 0.25) is 11.8 Å². The molecule has 0 radical (unpaired) electrons. The highest BCUT2D eigenvalue weighted by Gasteiger charge is 2.59. The molecule has 5 nitrogen and oxygen atoms in total. The van der Waals surface area contributed by atoms with Crippen LogP contribution in [-0.2, 0) is 15.0 Å². The fourth-order valence-electron chi connectivity index (χ4n) is 5.72. The smallest absolute Gasteiger partial charge is 0.406 e. The van der Waals surface area contributed by atoms with E-state index in [-0.39, 0.29) is 40.4 Å². The minimum atomic E-state index is -4.70. The Hall–Kier alpha value is -2.25. The van der Waals surface area contributed by atoms with Gasteiger partial charge in [0.1, 0.15) is 5.75 Å². The molecule has 1 spiro atoms. The third kappa shape index (κ3) is 3.26. The second-order valence-electron chi connectivity index (χ2n) is 9.10. The maximum Gasteiger partial charge on any atom is 0.573 e. The van der Waals surface area contributed by atoms with Crippen molar-refractivity contribution >= 4 is 11.8 Å². The molecule has 1 N–H and O–H groups in total. The first-order valence-electron chi connectivity index (χ1n) is 10.1. The molecule has 2 atom stereocenters. The number of hydrogen-bond acceptors (Lipinski definition) is 3. The van der Waals surface area contributed by atoms with Crippen LogP contribution in [-0.4, -0.2) is 41.7 Å². The molecule has 0 unspecified atom stereocenters. The molecule has 0 bridgehead atoms. The number of likely N-dealkylation sites (tertiary alicyclic amines) is 1. The van der Waals surface area contributed by atoms with Crippen molar-refractivity contribution in [2.75, 3.05) is 13.1 Å². The van der Waals surface area contributed by atoms with E-state index < -0.39 is 6.36 Å². The molecule has 4 aliphatic rings. The second kappa shape index (κ2) is 6.12. The van der Waals surface area contributed by atoms with Crippen LogP contribution in [0.15, 0.2) is 24.3 Å². The number of nitrogens with zero attached hydrogens (tertiary/aromatic N) is 1. The van der Waals surface area contributed by atoms with Crippen molar-refractivity contribution in [3.63, 3.8) is 0 Å². The van der Waals surface area contributed by atoms with Gasteiger partial charge >= 0.3 is 6.36 Å². The van der Waals surface area contributed by atoms with Crippen molar-refractivity contribution in [2.45, 2.75) is 55.8 Å². The monoisotopic (exact) mass is 408 g/mol. The Morgan fingerprint density at radius 2 is 2.00 bits per heavy atom. The van der Waals surface area contributed by atoms with Gasteiger partial charge in [0, 0.05) is 36.4 Å². The number of piperidine rings is 1. The summed E-state index contributed by atoms with van der Waals surface area (Å²) in [4.78, 5) is 26.3. The first-order chi connectivity index (χ1) is 13.7. The number of alkyl halides is 3. The summed E-state index contributed by atoms with van der Waals surface area (Å²) in [6, 6.07) is 6.27. The molecule has 2 heterocycles. The molecular formula is C21H23F3N2O3. The molecular weight excluding hydrogens is 385 g/mol. The summed E-state index contributed by atoms with van der Waals surface area (Å²) in [5.74, 6) is 0.302. The molecule has 29 heavy (non-hydrogen) atoms. The molecule has 2 amide bonds. The van der Waals surface area contributed by atoms with E-state index >= 15 is 0 Å². The number of carbonyl (C=O) groups excluding carboxylic acids is 2. The Bertz CT molecular complexity index is 865. The highest BCUT2D eigenvalue weighted by Crippen LogP contribution is 2.60. The fourth-order valence-corrected chi connectivity index (χ4v) is 5.72. The topological polar surface area (TPSA) is 58.6 Å². The number of benzene rings is 1. The van der Waals surface area contributed by atoms with Gasteiger partial charge in [-0.2, -0.15) is 0 Å². The molecule has 2 aliphatic carbocycles. The van der Waals surface area contributed by atoms with Gasteiger partial charge in [0.15, 0.2) is 0 Å². The van der Waals surface area contributed by atoms with Gasteiger partial charge in [-0.05, 0) is 55.7 Å². The average Bonchev–Trinajstić information content (AvgIpc) is 3.24. The van der Waals surface area contributed by atoms with E-state index in [0.717, 1.165) is 37.7 Å². The number of nitrogens with one attached hydrogen (secondary N) is 1. The minimum Gasteiger partial charge on any atom is -0.406 e. The fraction of sp³-hybridized carbons (Fsp3) is 0.619. The lowest BCUT2D eigenvalue weighted by Crippen LogP contribution is -2.57. The second-order valence-corrected chi connectivity index (χ2v) is 9.10. The molecule has 2 aliphatic heterocycles. The predicted molar refractivity (Wildman–Crippen MR) is 96.9 cm³/mol. The van der Waals surface area contributed by atoms with Crippen LogP contribution in [0.2, 0.25) is 0 Å². The highest BCUT2D eigenvalue weighted by molar-refractivity contribution is 5.84. The van der Waals surface area contributed by atoms with E-state index in [4.69, 9.17) is 0 Å². The van der Waals surface area contributed by atoms with Crippen LogP contribution in [0.25, 0.3) is 0 Å². The number of ether oxygens (including phenoxy) is 1. The number of halogens is 3. The van der Waals surface area contributed by atoms with E-state index in [0.29, 0.717) is 19.5 Å². The lowest BCUT2D eigenvalue weighted by molar-refractivity contribution is -0.274. The van der Waals surface area contributed by atoms with Gasteiger partial charge in [-0.1, -0.05) is 12.1 Å². The van der Waals surface area contributed by atoms with E-state index in [1.165, 1.54) is 12.1 Å². The average molecular weight is 408 g/mol. The van der Waals surface area contributed by atoms with Crippen molar-refractivity contribution in [1.29, 1.82) is 0 Å². The van der Waals surface area contributed by atoms with Crippen molar-refractivity contribution in [2.24, 2.45) is 11.8 Å². The Kier molecular flexibility index (Phi) is 3.96. The van der Waals surface area contributed by atoms with Crippen LogP contribution < -0.4 is 10.1 Å². The molecule has 2 saturated heterocycles. The Balaban J connectivity index is 1.21. The summed E-state index contributed by atoms with van der Waals surface area (Å²) in [6.07, 6.45) is -0.246. The lowest BCUT2D eigenvalue weighted by Gasteiger charge is -2.46. The standard InChI is InChI=1S/C21H23F3N2O3/c22-21(23,24)29-16-3-1-2-14(8-16)20-6-7-26(12-15(20)11-20)18(28)13-9-19(10-13)5-4-17(27)25-19/h1-3,8,13,15H,4-7,9-12H2,(H,25,27)/t13-,15-,19+,20-/m0/s1. The molecule has 1 aromatic rings. The summed E-state index contributed by atoms with van der Waals surface area (Å²) in [7, 11) is 0. The predicted octanol–water partition coefficient (Wildman–Crippen LogP) is 3.13. The number of fused-ring (bicyclic) bond motifs is 1. The van der Waals surface area contributed by atoms with E-state index in [1.807, 2.05) is 11.0 Å². The summed E-state index contributed by atoms with van der Waals surface area (Å²) in [6.45, 7) is 1.27. The Labute approximate surface area is 166 Å². The number of amides is 2. The largest absolute Gasteiger partial charge is 0.573 e. The highest BCUT2D eigenvalue weighted by atomic mass is 19.4. The summed E-state index contributed by atoms with van der Waals surface area (Å²) >= 11 is 0. The molecule has 0 aromatic heterocycles. The van der Waals surface area contributed by atoms with Crippen LogP contribution in [0, 0.1) is 11.8 Å². The van der Waals surface area contributed by atoms with E-state index in [9.17, 15) is 22.8 Å². The van der Waals surface area contributed by atoms with Crippen LogP contribution in [0.3, 0.4) is 0 Å². The molecule has 2 saturated carbocycles. The van der Waals surface area contributed by atoms with Crippen molar-refractivity contribution in [1.82, 2.24) is 10.2 Å². The van der Waals surface area contributed by atoms with Gasteiger partial charge in [-0.15, -0.1) is 13.2 Å². The Morgan fingerprint density at radius 1 is 1.21 bits per heavy atom. The summed E-state index contributed by atoms with van der Waals surface area (Å²) < 4.78 is 41.6. The zero-order chi connectivity index (χ0) is 20.4. The minimum absolute atomic E-state index is 0.0248. The van der Waals surface area contributed by atoms with Gasteiger partial charge in [-0.3, -0.25) is 9.59 Å². The number of hydrogen-bond donors (Lipinski definition) is 1. The quantitative estimate of drug-likeness (QED) is 0.836. The van der Waals surface area contributed by atoms with Gasteiger partial charge in [-0.25, -0.2) is 0 Å². The summed E-state index contributed by atoms with van der Waals surface area (Å²) in [5, 5.41) is 3.02. The van der Waals surface area contributed by atoms with E-state index in [2.05, 4.69) is 10.1 Å². The van der Waals surface area contributed by atoms with Crippen LogP contribution >= 0.6 is 0 Å². The maximum absolute atomic E-state index is 12.9. The lowest BCUT2D eigenvalue weighted by atomic mass is 9.67. The maximum atomic E-state index is 12.9. The molecule has 5 rings (SSSR count). The Morgan fingerprint density at radius 3 is 2.66 bits per heavy atom. The van der Waals surface area contributed by atoms with Crippen LogP contribution in [0.4, 0.5) is 13.2 Å². The zero-order valence-corrected chi connectivity index (χ0v) is 15.9. The summed E-state index contributed by atoms with van der Waals surface area (Å²) in [5.41, 5.74) is 0.574. The first kappa shape index (κ1) is 18.8.